The molecule has 0 unspecified atom stereocenters. The summed E-state index contributed by atoms with van der Waals surface area (Å²) in [6.07, 6.45) is 0. The zero-order valence-corrected chi connectivity index (χ0v) is 12.4. The van der Waals surface area contributed by atoms with Crippen molar-refractivity contribution < 1.29 is 13.3 Å². The number of benzene rings is 1. The van der Waals surface area contributed by atoms with Gasteiger partial charge < -0.3 is 10.6 Å². The second-order valence-electron chi connectivity index (χ2n) is 4.61. The SMILES string of the molecule is CN(C)CCN(C)S(=O)(=O)c1ccc(N)c([N+](=O)[O-])c1. The lowest BCUT2D eigenvalue weighted by atomic mass is 10.3. The van der Waals surface area contributed by atoms with Gasteiger partial charge in [-0.25, -0.2) is 8.42 Å². The molecule has 9 heteroatoms. The molecule has 0 fully saturated rings. The zero-order valence-electron chi connectivity index (χ0n) is 11.6. The van der Waals surface area contributed by atoms with E-state index in [-0.39, 0.29) is 17.1 Å². The van der Waals surface area contributed by atoms with Crippen LogP contribution < -0.4 is 5.73 Å². The summed E-state index contributed by atoms with van der Waals surface area (Å²) in [6.45, 7) is 0.834. The van der Waals surface area contributed by atoms with Crippen LogP contribution >= 0.6 is 0 Å². The van der Waals surface area contributed by atoms with Crippen molar-refractivity contribution in [2.75, 3.05) is 40.0 Å². The third-order valence-electron chi connectivity index (χ3n) is 2.77. The lowest BCUT2D eigenvalue weighted by Crippen LogP contribution is -2.33. The van der Waals surface area contributed by atoms with Gasteiger partial charge in [-0.05, 0) is 26.2 Å². The van der Waals surface area contributed by atoms with Crippen molar-refractivity contribution in [3.05, 3.63) is 28.3 Å². The molecule has 8 nitrogen and oxygen atoms in total. The van der Waals surface area contributed by atoms with Gasteiger partial charge in [0, 0.05) is 26.2 Å². The highest BCUT2D eigenvalue weighted by Gasteiger charge is 2.24. The van der Waals surface area contributed by atoms with Crippen molar-refractivity contribution in [3.8, 4) is 0 Å². The molecule has 0 saturated carbocycles. The second kappa shape index (κ2) is 6.16. The van der Waals surface area contributed by atoms with Crippen LogP contribution in [0.4, 0.5) is 11.4 Å². The van der Waals surface area contributed by atoms with E-state index in [4.69, 9.17) is 5.73 Å². The number of hydrogen-bond donors (Lipinski definition) is 1. The van der Waals surface area contributed by atoms with Crippen LogP contribution in [-0.4, -0.2) is 56.8 Å². The van der Waals surface area contributed by atoms with Crippen LogP contribution in [-0.2, 0) is 10.0 Å². The van der Waals surface area contributed by atoms with Gasteiger partial charge in [0.25, 0.3) is 5.69 Å². The van der Waals surface area contributed by atoms with Crippen molar-refractivity contribution in [1.82, 2.24) is 9.21 Å². The summed E-state index contributed by atoms with van der Waals surface area (Å²) in [6, 6.07) is 3.48. The predicted molar refractivity (Wildman–Crippen MR) is 75.9 cm³/mol. The average molecular weight is 302 g/mol. The summed E-state index contributed by atoms with van der Waals surface area (Å²) in [5, 5.41) is 10.8. The first-order valence-electron chi connectivity index (χ1n) is 5.81. The average Bonchev–Trinajstić information content (AvgIpc) is 2.35. The summed E-state index contributed by atoms with van der Waals surface area (Å²) in [5.74, 6) is 0. The quantitative estimate of drug-likeness (QED) is 0.461. The van der Waals surface area contributed by atoms with Crippen LogP contribution in [0, 0.1) is 10.1 Å². The van der Waals surface area contributed by atoms with E-state index in [2.05, 4.69) is 0 Å². The van der Waals surface area contributed by atoms with Crippen molar-refractivity contribution in [2.45, 2.75) is 4.90 Å². The highest BCUT2D eigenvalue weighted by atomic mass is 32.2. The number of rotatable bonds is 6. The van der Waals surface area contributed by atoms with Crippen molar-refractivity contribution in [2.24, 2.45) is 0 Å². The van der Waals surface area contributed by atoms with Gasteiger partial charge in [0.05, 0.1) is 9.82 Å². The van der Waals surface area contributed by atoms with Gasteiger partial charge in [0.2, 0.25) is 10.0 Å². The monoisotopic (exact) mass is 302 g/mol. The molecule has 0 saturated heterocycles. The van der Waals surface area contributed by atoms with Crippen molar-refractivity contribution >= 4 is 21.4 Å². The Labute approximate surface area is 118 Å². The fraction of sp³-hybridized carbons (Fsp3) is 0.455. The van der Waals surface area contributed by atoms with E-state index >= 15 is 0 Å². The fourth-order valence-electron chi connectivity index (χ4n) is 1.48. The largest absolute Gasteiger partial charge is 0.393 e. The molecule has 2 N–H and O–H groups in total. The lowest BCUT2D eigenvalue weighted by Gasteiger charge is -2.19. The maximum atomic E-state index is 12.3. The normalized spacial score (nSPS) is 12.1. The molecule has 0 spiro atoms. The van der Waals surface area contributed by atoms with Crippen LogP contribution in [0.3, 0.4) is 0 Å². The number of nitrogens with zero attached hydrogens (tertiary/aromatic N) is 3. The molecular formula is C11H18N4O4S. The fourth-order valence-corrected chi connectivity index (χ4v) is 2.67. The number of sulfonamides is 1. The summed E-state index contributed by atoms with van der Waals surface area (Å²) < 4.78 is 25.7. The predicted octanol–water partition coefficient (Wildman–Crippen LogP) is 0.359. The van der Waals surface area contributed by atoms with Gasteiger partial charge >= 0.3 is 0 Å². The van der Waals surface area contributed by atoms with Gasteiger partial charge in [-0.3, -0.25) is 10.1 Å². The van der Waals surface area contributed by atoms with E-state index in [1.54, 1.807) is 0 Å². The second-order valence-corrected chi connectivity index (χ2v) is 6.65. The third-order valence-corrected chi connectivity index (χ3v) is 4.62. The van der Waals surface area contributed by atoms with Gasteiger partial charge in [-0.1, -0.05) is 0 Å². The number of nitrogen functional groups attached to an aromatic ring is 1. The number of nitro groups is 1. The molecule has 1 rings (SSSR count). The minimum atomic E-state index is -3.76. The Balaban J connectivity index is 3.09. The Morgan fingerprint density at radius 2 is 1.85 bits per heavy atom. The summed E-state index contributed by atoms with van der Waals surface area (Å²) >= 11 is 0. The topological polar surface area (TPSA) is 110 Å². The lowest BCUT2D eigenvalue weighted by molar-refractivity contribution is -0.384. The molecule has 0 aromatic heterocycles. The highest BCUT2D eigenvalue weighted by molar-refractivity contribution is 7.89. The summed E-state index contributed by atoms with van der Waals surface area (Å²) in [4.78, 5) is 11.8. The van der Waals surface area contributed by atoms with Crippen LogP contribution in [0.5, 0.6) is 0 Å². The summed E-state index contributed by atoms with van der Waals surface area (Å²) in [5.41, 5.74) is 4.98. The van der Waals surface area contributed by atoms with Crippen LogP contribution in [0.1, 0.15) is 0 Å². The van der Waals surface area contributed by atoms with Crippen LogP contribution in [0.25, 0.3) is 0 Å². The first-order chi connectivity index (χ1) is 9.16. The van der Waals surface area contributed by atoms with E-state index in [1.807, 2.05) is 19.0 Å². The first-order valence-corrected chi connectivity index (χ1v) is 7.25. The molecule has 20 heavy (non-hydrogen) atoms. The number of hydrogen-bond acceptors (Lipinski definition) is 6. The van der Waals surface area contributed by atoms with E-state index in [1.165, 1.54) is 19.2 Å². The summed E-state index contributed by atoms with van der Waals surface area (Å²) in [7, 11) is 1.33. The van der Waals surface area contributed by atoms with Crippen LogP contribution in [0.2, 0.25) is 0 Å². The number of nitro benzene ring substituents is 1. The van der Waals surface area contributed by atoms with E-state index in [0.717, 1.165) is 10.4 Å². The Kier molecular flexibility index (Phi) is 5.03. The highest BCUT2D eigenvalue weighted by Crippen LogP contribution is 2.26. The maximum absolute atomic E-state index is 12.3. The smallest absolute Gasteiger partial charge is 0.293 e. The van der Waals surface area contributed by atoms with Crippen LogP contribution in [0.15, 0.2) is 23.1 Å². The molecule has 0 aliphatic rings. The Hall–Kier alpha value is -1.71. The third kappa shape index (κ3) is 3.65. The maximum Gasteiger partial charge on any atom is 0.293 e. The van der Waals surface area contributed by atoms with Crippen molar-refractivity contribution in [3.63, 3.8) is 0 Å². The molecule has 1 aromatic rings. The van der Waals surface area contributed by atoms with Crippen molar-refractivity contribution in [1.29, 1.82) is 0 Å². The first kappa shape index (κ1) is 16.3. The zero-order chi connectivity index (χ0) is 15.5. The number of anilines is 1. The molecule has 0 radical (unpaired) electrons. The Morgan fingerprint density at radius 3 is 2.35 bits per heavy atom. The van der Waals surface area contributed by atoms with E-state index in [0.29, 0.717) is 6.54 Å². The molecule has 0 amide bonds. The standard InChI is InChI=1S/C11H18N4O4S/c1-13(2)6-7-14(3)20(18,19)9-4-5-10(12)11(8-9)15(16)17/h4-5,8H,6-7,12H2,1-3H3. The number of likely N-dealkylation sites (N-methyl/N-ethyl adjacent to an activating group) is 2. The number of nitrogens with two attached hydrogens (primary N) is 1. The minimum Gasteiger partial charge on any atom is -0.393 e. The Morgan fingerprint density at radius 1 is 1.25 bits per heavy atom. The van der Waals surface area contributed by atoms with Gasteiger partial charge in [-0.15, -0.1) is 0 Å². The van der Waals surface area contributed by atoms with Gasteiger partial charge in [0.1, 0.15) is 5.69 Å². The molecule has 0 bridgehead atoms. The molecule has 112 valence electrons. The van der Waals surface area contributed by atoms with E-state index in [9.17, 15) is 18.5 Å². The van der Waals surface area contributed by atoms with Gasteiger partial charge in [0.15, 0.2) is 0 Å². The molecule has 0 aliphatic carbocycles. The molecule has 0 atom stereocenters. The minimum absolute atomic E-state index is 0.0649. The molecule has 0 heterocycles. The van der Waals surface area contributed by atoms with Gasteiger partial charge in [-0.2, -0.15) is 4.31 Å². The molecule has 1 aromatic carbocycles. The molecule has 0 aliphatic heterocycles. The Bertz CT molecular complexity index is 600. The molecular weight excluding hydrogens is 284 g/mol. The van der Waals surface area contributed by atoms with E-state index < -0.39 is 20.6 Å².